The Morgan fingerprint density at radius 2 is 2.24 bits per heavy atom. The van der Waals surface area contributed by atoms with Crippen LogP contribution in [-0.2, 0) is 35.6 Å². The fourth-order valence-corrected chi connectivity index (χ4v) is 2.98. The Morgan fingerprint density at radius 1 is 1.40 bits per heavy atom. The van der Waals surface area contributed by atoms with Crippen molar-refractivity contribution in [3.8, 4) is 5.75 Å². The summed E-state index contributed by atoms with van der Waals surface area (Å²) in [6.07, 6.45) is 1.53. The second-order valence-electron chi connectivity index (χ2n) is 6.29. The highest BCUT2D eigenvalue weighted by molar-refractivity contribution is 5.80. The van der Waals surface area contributed by atoms with E-state index in [0.29, 0.717) is 13.2 Å². The third-order valence-corrected chi connectivity index (χ3v) is 4.42. The molecular formula is C18H24N4O3. The fraction of sp³-hybridized carbons (Fsp3) is 0.500. The van der Waals surface area contributed by atoms with Crippen LogP contribution in [0.5, 0.6) is 5.75 Å². The summed E-state index contributed by atoms with van der Waals surface area (Å²) in [5, 5.41) is 8.37. The molecule has 0 bridgehead atoms. The van der Waals surface area contributed by atoms with E-state index < -0.39 is 6.10 Å². The number of carbonyl (C=O) groups is 1. The summed E-state index contributed by atoms with van der Waals surface area (Å²) in [5.41, 5.74) is 0.969. The largest absolute Gasteiger partial charge is 0.497 e. The number of aromatic nitrogens is 3. The lowest BCUT2D eigenvalue weighted by molar-refractivity contribution is -0.142. The third kappa shape index (κ3) is 3.99. The molecule has 0 unspecified atom stereocenters. The number of carbonyl (C=O) groups excluding carboxylic acids is 1. The molecule has 1 aromatic heterocycles. The van der Waals surface area contributed by atoms with Crippen LogP contribution in [0.15, 0.2) is 24.3 Å². The number of ether oxygens (including phenoxy) is 2. The SMILES string of the molecule is COc1cccc(CO[C@@H](C)C(=O)N(C)Cc2nnc3n2CCC3)c1. The second-order valence-corrected chi connectivity index (χ2v) is 6.29. The molecule has 2 heterocycles. The maximum absolute atomic E-state index is 12.5. The minimum Gasteiger partial charge on any atom is -0.497 e. The van der Waals surface area contributed by atoms with Crippen LogP contribution >= 0.6 is 0 Å². The Kier molecular flexibility index (Phi) is 5.33. The Morgan fingerprint density at radius 3 is 3.04 bits per heavy atom. The van der Waals surface area contributed by atoms with Crippen LogP contribution in [0.2, 0.25) is 0 Å². The number of hydrogen-bond acceptors (Lipinski definition) is 5. The number of aryl methyl sites for hydroxylation is 1. The van der Waals surface area contributed by atoms with Gasteiger partial charge < -0.3 is 18.9 Å². The minimum absolute atomic E-state index is 0.0711. The molecule has 0 spiro atoms. The smallest absolute Gasteiger partial charge is 0.251 e. The number of methoxy groups -OCH3 is 1. The van der Waals surface area contributed by atoms with Gasteiger partial charge in [-0.3, -0.25) is 4.79 Å². The van der Waals surface area contributed by atoms with Crippen molar-refractivity contribution in [1.29, 1.82) is 0 Å². The van der Waals surface area contributed by atoms with Gasteiger partial charge in [0.25, 0.3) is 5.91 Å². The van der Waals surface area contributed by atoms with E-state index in [4.69, 9.17) is 9.47 Å². The number of rotatable bonds is 7. The molecule has 0 radical (unpaired) electrons. The number of hydrogen-bond donors (Lipinski definition) is 0. The molecule has 3 rings (SSSR count). The highest BCUT2D eigenvalue weighted by atomic mass is 16.5. The van der Waals surface area contributed by atoms with E-state index in [2.05, 4.69) is 14.8 Å². The third-order valence-electron chi connectivity index (χ3n) is 4.42. The maximum Gasteiger partial charge on any atom is 0.251 e. The Balaban J connectivity index is 1.54. The first-order chi connectivity index (χ1) is 12.1. The average Bonchev–Trinajstić information content (AvgIpc) is 3.24. The molecule has 1 amide bonds. The van der Waals surface area contributed by atoms with E-state index in [1.54, 1.807) is 26.0 Å². The van der Waals surface area contributed by atoms with Crippen molar-refractivity contribution in [2.45, 2.75) is 45.6 Å². The molecule has 1 aliphatic rings. The highest BCUT2D eigenvalue weighted by Gasteiger charge is 2.23. The van der Waals surface area contributed by atoms with Gasteiger partial charge in [-0.2, -0.15) is 0 Å². The van der Waals surface area contributed by atoms with Gasteiger partial charge in [-0.15, -0.1) is 10.2 Å². The minimum atomic E-state index is -0.530. The number of likely N-dealkylation sites (N-methyl/N-ethyl adjacent to an activating group) is 1. The Labute approximate surface area is 147 Å². The van der Waals surface area contributed by atoms with Crippen molar-refractivity contribution in [3.05, 3.63) is 41.5 Å². The van der Waals surface area contributed by atoms with Crippen LogP contribution in [0.25, 0.3) is 0 Å². The van der Waals surface area contributed by atoms with Gasteiger partial charge in [0.05, 0.1) is 20.3 Å². The van der Waals surface area contributed by atoms with Crippen molar-refractivity contribution in [2.24, 2.45) is 0 Å². The summed E-state index contributed by atoms with van der Waals surface area (Å²) >= 11 is 0. The first-order valence-corrected chi connectivity index (χ1v) is 8.49. The lowest BCUT2D eigenvalue weighted by Crippen LogP contribution is -2.36. The molecule has 7 nitrogen and oxygen atoms in total. The molecule has 25 heavy (non-hydrogen) atoms. The van der Waals surface area contributed by atoms with E-state index in [-0.39, 0.29) is 5.91 Å². The zero-order valence-electron chi connectivity index (χ0n) is 14.9. The first-order valence-electron chi connectivity index (χ1n) is 8.49. The Hall–Kier alpha value is -2.41. The zero-order valence-corrected chi connectivity index (χ0v) is 14.9. The predicted molar refractivity (Wildman–Crippen MR) is 92.1 cm³/mol. The quantitative estimate of drug-likeness (QED) is 0.766. The lowest BCUT2D eigenvalue weighted by Gasteiger charge is -2.21. The number of amides is 1. The summed E-state index contributed by atoms with van der Waals surface area (Å²) in [6, 6.07) is 7.63. The molecule has 1 aliphatic heterocycles. The summed E-state index contributed by atoms with van der Waals surface area (Å²) in [7, 11) is 3.40. The molecular weight excluding hydrogens is 320 g/mol. The average molecular weight is 344 g/mol. The summed E-state index contributed by atoms with van der Waals surface area (Å²) < 4.78 is 13.0. The summed E-state index contributed by atoms with van der Waals surface area (Å²) in [4.78, 5) is 14.2. The molecule has 7 heteroatoms. The maximum atomic E-state index is 12.5. The van der Waals surface area contributed by atoms with Gasteiger partial charge in [-0.05, 0) is 31.0 Å². The first kappa shape index (κ1) is 17.4. The lowest BCUT2D eigenvalue weighted by atomic mass is 10.2. The van der Waals surface area contributed by atoms with Crippen LogP contribution in [-0.4, -0.2) is 45.8 Å². The molecule has 0 saturated carbocycles. The number of benzene rings is 1. The van der Waals surface area contributed by atoms with Gasteiger partial charge in [-0.25, -0.2) is 0 Å². The predicted octanol–water partition coefficient (Wildman–Crippen LogP) is 1.80. The van der Waals surface area contributed by atoms with Crippen molar-refractivity contribution >= 4 is 5.91 Å². The van der Waals surface area contributed by atoms with Gasteiger partial charge in [0, 0.05) is 20.0 Å². The highest BCUT2D eigenvalue weighted by Crippen LogP contribution is 2.16. The second kappa shape index (κ2) is 7.65. The summed E-state index contributed by atoms with van der Waals surface area (Å²) in [5.74, 6) is 2.55. The summed E-state index contributed by atoms with van der Waals surface area (Å²) in [6.45, 7) is 3.51. The fourth-order valence-electron chi connectivity index (χ4n) is 2.98. The van der Waals surface area contributed by atoms with Gasteiger partial charge in [0.2, 0.25) is 0 Å². The van der Waals surface area contributed by atoms with Crippen LogP contribution in [0, 0.1) is 0 Å². The Bertz CT molecular complexity index is 744. The van der Waals surface area contributed by atoms with Crippen LogP contribution < -0.4 is 4.74 Å². The molecule has 1 atom stereocenters. The standard InChI is InChI=1S/C18H24N4O3/c1-13(25-12-14-6-4-7-15(10-14)24-3)18(23)21(2)11-17-20-19-16-8-5-9-22(16)17/h4,6-7,10,13H,5,8-9,11-12H2,1-3H3/t13-/m0/s1. The van der Waals surface area contributed by atoms with Gasteiger partial charge >= 0.3 is 0 Å². The van der Waals surface area contributed by atoms with Crippen LogP contribution in [0.3, 0.4) is 0 Å². The monoisotopic (exact) mass is 344 g/mol. The van der Waals surface area contributed by atoms with E-state index in [9.17, 15) is 4.79 Å². The molecule has 1 aromatic carbocycles. The van der Waals surface area contributed by atoms with Gasteiger partial charge in [0.1, 0.15) is 17.7 Å². The van der Waals surface area contributed by atoms with Gasteiger partial charge in [0.15, 0.2) is 5.82 Å². The zero-order chi connectivity index (χ0) is 17.8. The van der Waals surface area contributed by atoms with Gasteiger partial charge in [-0.1, -0.05) is 12.1 Å². The van der Waals surface area contributed by atoms with Crippen molar-refractivity contribution in [2.75, 3.05) is 14.2 Å². The molecule has 134 valence electrons. The van der Waals surface area contributed by atoms with Crippen LogP contribution in [0.1, 0.15) is 30.6 Å². The molecule has 2 aromatic rings. The van der Waals surface area contributed by atoms with E-state index >= 15 is 0 Å². The van der Waals surface area contributed by atoms with Crippen molar-refractivity contribution in [3.63, 3.8) is 0 Å². The molecule has 0 N–H and O–H groups in total. The van der Waals surface area contributed by atoms with Crippen LogP contribution in [0.4, 0.5) is 0 Å². The number of fused-ring (bicyclic) bond motifs is 1. The van der Waals surface area contributed by atoms with E-state index in [1.807, 2.05) is 24.3 Å². The molecule has 0 fully saturated rings. The van der Waals surface area contributed by atoms with Crippen molar-refractivity contribution < 1.29 is 14.3 Å². The van der Waals surface area contributed by atoms with E-state index in [1.165, 1.54) is 0 Å². The van der Waals surface area contributed by atoms with E-state index in [0.717, 1.165) is 42.3 Å². The normalized spacial score (nSPS) is 14.2. The molecule has 0 saturated heterocycles. The topological polar surface area (TPSA) is 69.5 Å². The van der Waals surface area contributed by atoms with Crippen molar-refractivity contribution in [1.82, 2.24) is 19.7 Å². The number of nitrogens with zero attached hydrogens (tertiary/aromatic N) is 4. The molecule has 0 aliphatic carbocycles.